The van der Waals surface area contributed by atoms with Gasteiger partial charge >= 0.3 is 11.9 Å². The van der Waals surface area contributed by atoms with Crippen molar-refractivity contribution in [3.05, 3.63) is 0 Å². The van der Waals surface area contributed by atoms with Gasteiger partial charge in [-0.25, -0.2) is 0 Å². The van der Waals surface area contributed by atoms with Gasteiger partial charge in [0, 0.05) is 12.5 Å². The van der Waals surface area contributed by atoms with E-state index in [-0.39, 0.29) is 24.4 Å². The Bertz CT molecular complexity index is 215. The van der Waals surface area contributed by atoms with Crippen molar-refractivity contribution < 1.29 is 19.1 Å². The molecular weight excluding hydrogens is 198 g/mol. The standard InChI is InChI=1S/C10H19NO4/c1-7(2)11-8(10(13)15-4)5-6-9(12)14-3/h7-8,11H,5-6H2,1-4H3/t8-/m0/s1. The predicted octanol–water partition coefficient (Wildman–Crippen LogP) is 0.479. The van der Waals surface area contributed by atoms with Gasteiger partial charge in [-0.3, -0.25) is 9.59 Å². The lowest BCUT2D eigenvalue weighted by atomic mass is 10.1. The quantitative estimate of drug-likeness (QED) is 0.655. The highest BCUT2D eigenvalue weighted by Gasteiger charge is 2.20. The third kappa shape index (κ3) is 6.06. The van der Waals surface area contributed by atoms with Crippen LogP contribution in [0.3, 0.4) is 0 Å². The van der Waals surface area contributed by atoms with Gasteiger partial charge in [0.2, 0.25) is 0 Å². The fourth-order valence-electron chi connectivity index (χ4n) is 1.18. The van der Waals surface area contributed by atoms with E-state index in [0.717, 1.165) is 0 Å². The second-order valence-electron chi connectivity index (χ2n) is 3.51. The average Bonchev–Trinajstić information content (AvgIpc) is 2.21. The summed E-state index contributed by atoms with van der Waals surface area (Å²) in [7, 11) is 2.65. The van der Waals surface area contributed by atoms with Gasteiger partial charge in [-0.05, 0) is 6.42 Å². The van der Waals surface area contributed by atoms with Gasteiger partial charge in [0.05, 0.1) is 14.2 Å². The van der Waals surface area contributed by atoms with E-state index in [1.54, 1.807) is 0 Å². The van der Waals surface area contributed by atoms with Crippen LogP contribution in [0.15, 0.2) is 0 Å². The molecule has 0 heterocycles. The SMILES string of the molecule is COC(=O)CC[C@H](NC(C)C)C(=O)OC. The van der Waals surface area contributed by atoms with Crippen molar-refractivity contribution in [2.24, 2.45) is 0 Å². The van der Waals surface area contributed by atoms with Gasteiger partial charge in [0.1, 0.15) is 6.04 Å². The molecule has 0 aliphatic carbocycles. The van der Waals surface area contributed by atoms with Crippen LogP contribution < -0.4 is 5.32 Å². The van der Waals surface area contributed by atoms with Gasteiger partial charge < -0.3 is 14.8 Å². The zero-order valence-electron chi connectivity index (χ0n) is 9.70. The fourth-order valence-corrected chi connectivity index (χ4v) is 1.18. The van der Waals surface area contributed by atoms with E-state index >= 15 is 0 Å². The number of nitrogens with one attached hydrogen (secondary N) is 1. The molecule has 0 saturated carbocycles. The molecule has 0 saturated heterocycles. The smallest absolute Gasteiger partial charge is 0.322 e. The minimum atomic E-state index is -0.450. The van der Waals surface area contributed by atoms with Gasteiger partial charge in [-0.15, -0.1) is 0 Å². The predicted molar refractivity (Wildman–Crippen MR) is 55.3 cm³/mol. The first-order valence-electron chi connectivity index (χ1n) is 4.92. The van der Waals surface area contributed by atoms with E-state index in [9.17, 15) is 9.59 Å². The first-order chi connectivity index (χ1) is 7.01. The Morgan fingerprint density at radius 3 is 2.20 bits per heavy atom. The van der Waals surface area contributed by atoms with Crippen LogP contribution in [0.1, 0.15) is 26.7 Å². The molecular formula is C10H19NO4. The van der Waals surface area contributed by atoms with Crippen LogP contribution in [0.25, 0.3) is 0 Å². The number of esters is 2. The molecule has 88 valence electrons. The lowest BCUT2D eigenvalue weighted by molar-refractivity contribution is -0.144. The molecule has 0 aromatic carbocycles. The minimum absolute atomic E-state index is 0.159. The van der Waals surface area contributed by atoms with Crippen molar-refractivity contribution in [1.29, 1.82) is 0 Å². The molecule has 0 aliphatic rings. The zero-order valence-corrected chi connectivity index (χ0v) is 9.70. The van der Waals surface area contributed by atoms with Gasteiger partial charge in [-0.1, -0.05) is 13.8 Å². The van der Waals surface area contributed by atoms with Gasteiger partial charge in [0.15, 0.2) is 0 Å². The van der Waals surface area contributed by atoms with Crippen molar-refractivity contribution in [3.63, 3.8) is 0 Å². The summed E-state index contributed by atoms with van der Waals surface area (Å²) in [5.74, 6) is -0.679. The van der Waals surface area contributed by atoms with Crippen LogP contribution >= 0.6 is 0 Å². The summed E-state index contributed by atoms with van der Waals surface area (Å²) in [6, 6.07) is -0.291. The molecule has 0 radical (unpaired) electrons. The Hall–Kier alpha value is -1.10. The highest BCUT2D eigenvalue weighted by Crippen LogP contribution is 2.02. The molecule has 0 amide bonds. The Labute approximate surface area is 90.1 Å². The summed E-state index contributed by atoms with van der Waals surface area (Å²) >= 11 is 0. The maximum Gasteiger partial charge on any atom is 0.322 e. The van der Waals surface area contributed by atoms with Crippen LogP contribution in [0.4, 0.5) is 0 Å². The largest absolute Gasteiger partial charge is 0.469 e. The number of carbonyl (C=O) groups is 2. The van der Waals surface area contributed by atoms with Crippen LogP contribution in [-0.2, 0) is 19.1 Å². The van der Waals surface area contributed by atoms with Crippen LogP contribution in [-0.4, -0.2) is 38.2 Å². The summed E-state index contributed by atoms with van der Waals surface area (Å²) < 4.78 is 9.13. The normalized spacial score (nSPS) is 12.3. The zero-order chi connectivity index (χ0) is 11.8. The summed E-state index contributed by atoms with van der Waals surface area (Å²) in [6.45, 7) is 3.85. The molecule has 0 unspecified atom stereocenters. The molecule has 15 heavy (non-hydrogen) atoms. The summed E-state index contributed by atoms with van der Waals surface area (Å²) in [6.07, 6.45) is 0.591. The number of hydrogen-bond donors (Lipinski definition) is 1. The van der Waals surface area contributed by atoms with Crippen molar-refractivity contribution >= 4 is 11.9 Å². The monoisotopic (exact) mass is 217 g/mol. The molecule has 0 fully saturated rings. The highest BCUT2D eigenvalue weighted by atomic mass is 16.5. The van der Waals surface area contributed by atoms with Crippen molar-refractivity contribution in [3.8, 4) is 0 Å². The second-order valence-corrected chi connectivity index (χ2v) is 3.51. The summed E-state index contributed by atoms with van der Waals surface area (Å²) in [5, 5.41) is 3.03. The van der Waals surface area contributed by atoms with Crippen LogP contribution in [0.2, 0.25) is 0 Å². The Morgan fingerprint density at radius 2 is 1.80 bits per heavy atom. The molecule has 0 spiro atoms. The Morgan fingerprint density at radius 1 is 1.20 bits per heavy atom. The first-order valence-corrected chi connectivity index (χ1v) is 4.92. The average molecular weight is 217 g/mol. The maximum absolute atomic E-state index is 11.3. The molecule has 5 heteroatoms. The topological polar surface area (TPSA) is 64.6 Å². The lowest BCUT2D eigenvalue weighted by Gasteiger charge is -2.18. The third-order valence-electron chi connectivity index (χ3n) is 1.89. The van der Waals surface area contributed by atoms with Gasteiger partial charge in [-0.2, -0.15) is 0 Å². The van der Waals surface area contributed by atoms with Crippen LogP contribution in [0.5, 0.6) is 0 Å². The van der Waals surface area contributed by atoms with E-state index in [1.165, 1.54) is 14.2 Å². The van der Waals surface area contributed by atoms with E-state index in [0.29, 0.717) is 6.42 Å². The molecule has 5 nitrogen and oxygen atoms in total. The molecule has 0 aliphatic heterocycles. The number of rotatable bonds is 6. The maximum atomic E-state index is 11.3. The fraction of sp³-hybridized carbons (Fsp3) is 0.800. The van der Waals surface area contributed by atoms with Crippen molar-refractivity contribution in [2.45, 2.75) is 38.8 Å². The molecule has 1 atom stereocenters. The van der Waals surface area contributed by atoms with Gasteiger partial charge in [0.25, 0.3) is 0 Å². The van der Waals surface area contributed by atoms with Crippen LogP contribution in [0, 0.1) is 0 Å². The van der Waals surface area contributed by atoms with E-state index in [4.69, 9.17) is 0 Å². The van der Waals surface area contributed by atoms with E-state index < -0.39 is 6.04 Å². The molecule has 0 aromatic heterocycles. The Kier molecular flexibility index (Phi) is 6.70. The molecule has 0 bridgehead atoms. The minimum Gasteiger partial charge on any atom is -0.469 e. The van der Waals surface area contributed by atoms with E-state index in [1.807, 2.05) is 13.8 Å². The lowest BCUT2D eigenvalue weighted by Crippen LogP contribution is -2.41. The number of carbonyl (C=O) groups excluding carboxylic acids is 2. The highest BCUT2D eigenvalue weighted by molar-refractivity contribution is 5.77. The van der Waals surface area contributed by atoms with E-state index in [2.05, 4.69) is 14.8 Å². The summed E-state index contributed by atoms with van der Waals surface area (Å²) in [4.78, 5) is 22.2. The number of hydrogen-bond acceptors (Lipinski definition) is 5. The second kappa shape index (κ2) is 7.23. The Balaban J connectivity index is 4.12. The molecule has 0 rings (SSSR count). The third-order valence-corrected chi connectivity index (χ3v) is 1.89. The summed E-state index contributed by atoms with van der Waals surface area (Å²) in [5.41, 5.74) is 0. The number of methoxy groups -OCH3 is 2. The molecule has 0 aromatic rings. The first kappa shape index (κ1) is 13.9. The number of ether oxygens (including phenoxy) is 2. The van der Waals surface area contributed by atoms with Crippen molar-refractivity contribution in [1.82, 2.24) is 5.32 Å². The van der Waals surface area contributed by atoms with Crippen molar-refractivity contribution in [2.75, 3.05) is 14.2 Å². The molecule has 1 N–H and O–H groups in total.